The first-order valence-corrected chi connectivity index (χ1v) is 6.34. The molecule has 0 radical (unpaired) electrons. The van der Waals surface area contributed by atoms with Crippen LogP contribution >= 0.6 is 15.9 Å². The predicted molar refractivity (Wildman–Crippen MR) is 70.3 cm³/mol. The van der Waals surface area contributed by atoms with Crippen LogP contribution in [0.15, 0.2) is 29.4 Å². The highest BCUT2D eigenvalue weighted by molar-refractivity contribution is 9.09. The highest BCUT2D eigenvalue weighted by Gasteiger charge is 2.03. The highest BCUT2D eigenvalue weighted by Crippen LogP contribution is 2.06. The van der Waals surface area contributed by atoms with E-state index in [2.05, 4.69) is 31.3 Å². The number of halogens is 1. The number of hydrogen-bond donors (Lipinski definition) is 1. The Bertz CT molecular complexity index is 412. The SMILES string of the molecule is [N-]=[N+]=NCCNC(=O)c1ccc(CCBr)cc1. The summed E-state index contributed by atoms with van der Waals surface area (Å²) in [7, 11) is 0. The number of azide groups is 1. The summed E-state index contributed by atoms with van der Waals surface area (Å²) < 4.78 is 0. The van der Waals surface area contributed by atoms with Gasteiger partial charge in [0.25, 0.3) is 5.91 Å². The smallest absolute Gasteiger partial charge is 0.251 e. The van der Waals surface area contributed by atoms with Crippen LogP contribution in [0.2, 0.25) is 0 Å². The van der Waals surface area contributed by atoms with E-state index in [1.165, 1.54) is 5.56 Å². The Kier molecular flexibility index (Phi) is 6.14. The molecule has 17 heavy (non-hydrogen) atoms. The Morgan fingerprint density at radius 3 is 2.71 bits per heavy atom. The molecular weight excluding hydrogens is 284 g/mol. The fourth-order valence-corrected chi connectivity index (χ4v) is 1.76. The van der Waals surface area contributed by atoms with Gasteiger partial charge in [-0.05, 0) is 29.6 Å². The van der Waals surface area contributed by atoms with Crippen LogP contribution in [0.5, 0.6) is 0 Å². The molecule has 1 amide bonds. The van der Waals surface area contributed by atoms with E-state index in [9.17, 15) is 4.79 Å². The summed E-state index contributed by atoms with van der Waals surface area (Å²) in [6.45, 7) is 0.621. The topological polar surface area (TPSA) is 77.9 Å². The van der Waals surface area contributed by atoms with Crippen LogP contribution in [-0.4, -0.2) is 24.3 Å². The number of nitrogens with one attached hydrogen (secondary N) is 1. The van der Waals surface area contributed by atoms with Crippen molar-refractivity contribution in [3.63, 3.8) is 0 Å². The van der Waals surface area contributed by atoms with Gasteiger partial charge in [-0.3, -0.25) is 4.79 Å². The average Bonchev–Trinajstić information content (AvgIpc) is 2.36. The van der Waals surface area contributed by atoms with E-state index in [4.69, 9.17) is 5.53 Å². The number of alkyl halides is 1. The lowest BCUT2D eigenvalue weighted by Crippen LogP contribution is -2.25. The van der Waals surface area contributed by atoms with Crippen molar-refractivity contribution in [2.45, 2.75) is 6.42 Å². The molecule has 0 atom stereocenters. The molecule has 0 fully saturated rings. The van der Waals surface area contributed by atoms with Crippen LogP contribution in [0.1, 0.15) is 15.9 Å². The molecule has 1 N–H and O–H groups in total. The van der Waals surface area contributed by atoms with E-state index in [0.717, 1.165) is 11.8 Å². The van der Waals surface area contributed by atoms with Gasteiger partial charge in [0.1, 0.15) is 0 Å². The Morgan fingerprint density at radius 1 is 1.41 bits per heavy atom. The van der Waals surface area contributed by atoms with E-state index in [0.29, 0.717) is 12.1 Å². The molecule has 0 saturated carbocycles. The van der Waals surface area contributed by atoms with Gasteiger partial charge >= 0.3 is 0 Å². The number of benzene rings is 1. The number of carbonyl (C=O) groups excluding carboxylic acids is 1. The third-order valence-electron chi connectivity index (χ3n) is 2.16. The monoisotopic (exact) mass is 296 g/mol. The highest BCUT2D eigenvalue weighted by atomic mass is 79.9. The number of rotatable bonds is 6. The minimum Gasteiger partial charge on any atom is -0.352 e. The average molecular weight is 297 g/mol. The van der Waals surface area contributed by atoms with E-state index in [-0.39, 0.29) is 12.5 Å². The second-order valence-corrected chi connectivity index (χ2v) is 4.14. The second kappa shape index (κ2) is 7.70. The largest absolute Gasteiger partial charge is 0.352 e. The van der Waals surface area contributed by atoms with Crippen molar-refractivity contribution in [2.24, 2.45) is 5.11 Å². The van der Waals surface area contributed by atoms with Crippen molar-refractivity contribution in [3.05, 3.63) is 45.8 Å². The Hall–Kier alpha value is -1.52. The van der Waals surface area contributed by atoms with E-state index < -0.39 is 0 Å². The Morgan fingerprint density at radius 2 is 2.12 bits per heavy atom. The molecule has 0 saturated heterocycles. The van der Waals surface area contributed by atoms with Gasteiger partial charge in [-0.25, -0.2) is 0 Å². The summed E-state index contributed by atoms with van der Waals surface area (Å²) in [6.07, 6.45) is 0.943. The second-order valence-electron chi connectivity index (χ2n) is 3.35. The quantitative estimate of drug-likeness (QED) is 0.283. The molecule has 90 valence electrons. The molecule has 0 unspecified atom stereocenters. The first-order chi connectivity index (χ1) is 8.27. The molecule has 6 heteroatoms. The van der Waals surface area contributed by atoms with Gasteiger partial charge in [-0.2, -0.15) is 0 Å². The van der Waals surface area contributed by atoms with Gasteiger partial charge in [0.05, 0.1) is 0 Å². The Balaban J connectivity index is 2.48. The van der Waals surface area contributed by atoms with Crippen LogP contribution < -0.4 is 5.32 Å². The minimum absolute atomic E-state index is 0.150. The molecule has 1 rings (SSSR count). The van der Waals surface area contributed by atoms with Crippen molar-refractivity contribution in [1.82, 2.24) is 5.32 Å². The summed E-state index contributed by atoms with van der Waals surface area (Å²) in [5.74, 6) is -0.150. The molecule has 5 nitrogen and oxygen atoms in total. The maximum Gasteiger partial charge on any atom is 0.251 e. The van der Waals surface area contributed by atoms with Crippen molar-refractivity contribution >= 4 is 21.8 Å². The zero-order valence-corrected chi connectivity index (χ0v) is 10.9. The van der Waals surface area contributed by atoms with Crippen molar-refractivity contribution in [3.8, 4) is 0 Å². The lowest BCUT2D eigenvalue weighted by atomic mass is 10.1. The number of aryl methyl sites for hydroxylation is 1. The van der Waals surface area contributed by atoms with Crippen molar-refractivity contribution in [1.29, 1.82) is 0 Å². The first-order valence-electron chi connectivity index (χ1n) is 5.22. The van der Waals surface area contributed by atoms with Crippen LogP contribution in [-0.2, 0) is 6.42 Å². The zero-order chi connectivity index (χ0) is 12.5. The molecular formula is C11H13BrN4O. The van der Waals surface area contributed by atoms with Crippen LogP contribution in [0.4, 0.5) is 0 Å². The van der Waals surface area contributed by atoms with Crippen LogP contribution in [0.25, 0.3) is 10.4 Å². The van der Waals surface area contributed by atoms with Gasteiger partial charge in [0.15, 0.2) is 0 Å². The summed E-state index contributed by atoms with van der Waals surface area (Å²) in [5, 5.41) is 6.92. The molecule has 0 aliphatic carbocycles. The van der Waals surface area contributed by atoms with Crippen molar-refractivity contribution in [2.75, 3.05) is 18.4 Å². The molecule has 1 aromatic carbocycles. The molecule has 1 aromatic rings. The maximum absolute atomic E-state index is 11.6. The third-order valence-corrected chi connectivity index (χ3v) is 2.56. The molecule has 0 aliphatic heterocycles. The number of nitrogens with zero attached hydrogens (tertiary/aromatic N) is 3. The number of amides is 1. The first kappa shape index (κ1) is 13.5. The minimum atomic E-state index is -0.150. The van der Waals surface area contributed by atoms with Crippen molar-refractivity contribution < 1.29 is 4.79 Å². The van der Waals surface area contributed by atoms with E-state index in [1.54, 1.807) is 12.1 Å². The summed E-state index contributed by atoms with van der Waals surface area (Å²) in [5.41, 5.74) is 9.87. The standard InChI is InChI=1S/C11H13BrN4O/c12-6-5-9-1-3-10(4-2-9)11(17)14-7-8-15-16-13/h1-4H,5-8H2,(H,14,17). The summed E-state index contributed by atoms with van der Waals surface area (Å²) in [4.78, 5) is 14.2. The van der Waals surface area contributed by atoms with E-state index >= 15 is 0 Å². The molecule has 0 aliphatic rings. The lowest BCUT2D eigenvalue weighted by molar-refractivity contribution is 0.0955. The normalized spacial score (nSPS) is 9.47. The van der Waals surface area contributed by atoms with E-state index in [1.807, 2.05) is 12.1 Å². The maximum atomic E-state index is 11.6. The molecule has 0 spiro atoms. The van der Waals surface area contributed by atoms with Gasteiger partial charge in [-0.1, -0.05) is 33.2 Å². The fraction of sp³-hybridized carbons (Fsp3) is 0.364. The predicted octanol–water partition coefficient (Wildman–Crippen LogP) is 2.66. The van der Waals surface area contributed by atoms with Gasteiger partial charge in [0, 0.05) is 28.9 Å². The third kappa shape index (κ3) is 4.89. The summed E-state index contributed by atoms with van der Waals surface area (Å²) >= 11 is 3.36. The lowest BCUT2D eigenvalue weighted by Gasteiger charge is -2.04. The summed E-state index contributed by atoms with van der Waals surface area (Å²) in [6, 6.07) is 7.45. The van der Waals surface area contributed by atoms with Crippen LogP contribution in [0.3, 0.4) is 0 Å². The molecule has 0 heterocycles. The molecule has 0 bridgehead atoms. The number of carbonyl (C=O) groups is 1. The Labute approximate surface area is 108 Å². The number of hydrogen-bond acceptors (Lipinski definition) is 2. The van der Waals surface area contributed by atoms with Crippen LogP contribution in [0, 0.1) is 0 Å². The van der Waals surface area contributed by atoms with Gasteiger partial charge in [0.2, 0.25) is 0 Å². The van der Waals surface area contributed by atoms with Gasteiger partial charge in [-0.15, -0.1) is 0 Å². The molecule has 0 aromatic heterocycles. The zero-order valence-electron chi connectivity index (χ0n) is 9.27. The fourth-order valence-electron chi connectivity index (χ4n) is 1.30. The van der Waals surface area contributed by atoms with Gasteiger partial charge < -0.3 is 5.32 Å².